The lowest BCUT2D eigenvalue weighted by molar-refractivity contribution is 0.175. The van der Waals surface area contributed by atoms with Crippen molar-refractivity contribution >= 4 is 0 Å². The third kappa shape index (κ3) is 3.64. The summed E-state index contributed by atoms with van der Waals surface area (Å²) in [5, 5.41) is 0. The molecule has 1 rings (SSSR count). The highest BCUT2D eigenvalue weighted by Crippen LogP contribution is 2.44. The van der Waals surface area contributed by atoms with Gasteiger partial charge >= 0.3 is 0 Å². The fourth-order valence-electron chi connectivity index (χ4n) is 2.98. The van der Waals surface area contributed by atoms with Gasteiger partial charge in [-0.3, -0.25) is 0 Å². The normalized spacial score (nSPS) is 27.1. The lowest BCUT2D eigenvalue weighted by Crippen LogP contribution is -2.29. The van der Waals surface area contributed by atoms with Crippen LogP contribution in [0.5, 0.6) is 0 Å². The highest BCUT2D eigenvalue weighted by Gasteiger charge is 2.33. The van der Waals surface area contributed by atoms with Crippen molar-refractivity contribution in [2.75, 3.05) is 0 Å². The Balaban J connectivity index is 2.66. The van der Waals surface area contributed by atoms with Crippen molar-refractivity contribution in [3.63, 3.8) is 0 Å². The van der Waals surface area contributed by atoms with Gasteiger partial charge in [0.05, 0.1) is 0 Å². The van der Waals surface area contributed by atoms with Crippen LogP contribution in [-0.2, 0) is 0 Å². The Labute approximate surface area is 103 Å². The average molecular weight is 222 g/mol. The summed E-state index contributed by atoms with van der Waals surface area (Å²) < 4.78 is 0. The van der Waals surface area contributed by atoms with Gasteiger partial charge in [-0.25, -0.2) is 0 Å². The molecule has 0 radical (unpaired) electrons. The molecule has 0 heterocycles. The highest BCUT2D eigenvalue weighted by atomic mass is 14.4. The minimum Gasteiger partial charge on any atom is -0.0850 e. The van der Waals surface area contributed by atoms with E-state index in [9.17, 15) is 0 Å². The summed E-state index contributed by atoms with van der Waals surface area (Å²) in [5.74, 6) is 2.53. The first-order chi connectivity index (χ1) is 7.33. The molecule has 0 fully saturated rings. The van der Waals surface area contributed by atoms with Gasteiger partial charge in [-0.15, -0.1) is 0 Å². The van der Waals surface area contributed by atoms with Gasteiger partial charge in [0.15, 0.2) is 0 Å². The molecule has 0 aromatic heterocycles. The van der Waals surface area contributed by atoms with Crippen LogP contribution in [0.25, 0.3) is 0 Å². The largest absolute Gasteiger partial charge is 0.0850 e. The highest BCUT2D eigenvalue weighted by molar-refractivity contribution is 5.11. The van der Waals surface area contributed by atoms with Crippen LogP contribution in [0.4, 0.5) is 0 Å². The van der Waals surface area contributed by atoms with Crippen LogP contribution in [0.3, 0.4) is 0 Å². The average Bonchev–Trinajstić information content (AvgIpc) is 2.19. The SMILES string of the molecule is CC1=CCC(C)CC1C(C)(C)CCC(C)C. The summed E-state index contributed by atoms with van der Waals surface area (Å²) in [7, 11) is 0. The predicted octanol–water partition coefficient (Wildman–Crippen LogP) is 5.44. The Bertz CT molecular complexity index is 245. The predicted molar refractivity (Wildman–Crippen MR) is 73.5 cm³/mol. The van der Waals surface area contributed by atoms with E-state index in [4.69, 9.17) is 0 Å². The van der Waals surface area contributed by atoms with Gasteiger partial charge in [0.1, 0.15) is 0 Å². The Hall–Kier alpha value is -0.260. The van der Waals surface area contributed by atoms with Crippen molar-refractivity contribution in [1.29, 1.82) is 0 Å². The summed E-state index contributed by atoms with van der Waals surface area (Å²) in [6.45, 7) is 14.3. The van der Waals surface area contributed by atoms with Crippen LogP contribution in [0.1, 0.15) is 67.2 Å². The molecule has 0 amide bonds. The molecule has 2 atom stereocenters. The smallest absolute Gasteiger partial charge is 0.0152 e. The van der Waals surface area contributed by atoms with Gasteiger partial charge in [0.25, 0.3) is 0 Å². The minimum absolute atomic E-state index is 0.486. The Kier molecular flexibility index (Phi) is 4.64. The molecule has 2 unspecified atom stereocenters. The van der Waals surface area contributed by atoms with Gasteiger partial charge in [0, 0.05) is 0 Å². The first-order valence-electron chi connectivity index (χ1n) is 6.99. The zero-order valence-corrected chi connectivity index (χ0v) is 12.1. The Morgan fingerprint density at radius 1 is 1.38 bits per heavy atom. The maximum Gasteiger partial charge on any atom is -0.0152 e. The zero-order chi connectivity index (χ0) is 12.3. The molecule has 1 aliphatic carbocycles. The molecular formula is C16H30. The van der Waals surface area contributed by atoms with Gasteiger partial charge in [0.2, 0.25) is 0 Å². The van der Waals surface area contributed by atoms with E-state index in [0.717, 1.165) is 17.8 Å². The van der Waals surface area contributed by atoms with Gasteiger partial charge in [-0.2, -0.15) is 0 Å². The number of hydrogen-bond acceptors (Lipinski definition) is 0. The van der Waals surface area contributed by atoms with Crippen LogP contribution in [-0.4, -0.2) is 0 Å². The maximum absolute atomic E-state index is 2.48. The molecule has 94 valence electrons. The quantitative estimate of drug-likeness (QED) is 0.555. The van der Waals surface area contributed by atoms with E-state index in [1.165, 1.54) is 25.7 Å². The molecule has 16 heavy (non-hydrogen) atoms. The number of rotatable bonds is 4. The van der Waals surface area contributed by atoms with Gasteiger partial charge < -0.3 is 0 Å². The van der Waals surface area contributed by atoms with E-state index in [1.54, 1.807) is 5.57 Å². The molecule has 0 saturated carbocycles. The van der Waals surface area contributed by atoms with Crippen molar-refractivity contribution in [2.24, 2.45) is 23.2 Å². The lowest BCUT2D eigenvalue weighted by Gasteiger charge is -2.39. The van der Waals surface area contributed by atoms with Crippen LogP contribution >= 0.6 is 0 Å². The Morgan fingerprint density at radius 2 is 2.00 bits per heavy atom. The van der Waals surface area contributed by atoms with Crippen molar-refractivity contribution in [2.45, 2.75) is 67.2 Å². The van der Waals surface area contributed by atoms with E-state index < -0.39 is 0 Å². The topological polar surface area (TPSA) is 0 Å². The van der Waals surface area contributed by atoms with E-state index >= 15 is 0 Å². The summed E-state index contributed by atoms with van der Waals surface area (Å²) in [5.41, 5.74) is 2.13. The monoisotopic (exact) mass is 222 g/mol. The molecular weight excluding hydrogens is 192 g/mol. The molecule has 0 N–H and O–H groups in total. The van der Waals surface area contributed by atoms with Crippen LogP contribution in [0.2, 0.25) is 0 Å². The van der Waals surface area contributed by atoms with Crippen molar-refractivity contribution in [3.05, 3.63) is 11.6 Å². The Morgan fingerprint density at radius 3 is 2.56 bits per heavy atom. The second-order valence-corrected chi connectivity index (χ2v) is 7.00. The second kappa shape index (κ2) is 5.38. The molecule has 0 spiro atoms. The van der Waals surface area contributed by atoms with Crippen molar-refractivity contribution < 1.29 is 0 Å². The van der Waals surface area contributed by atoms with Crippen molar-refractivity contribution in [1.82, 2.24) is 0 Å². The second-order valence-electron chi connectivity index (χ2n) is 7.00. The third-order valence-electron chi connectivity index (χ3n) is 4.34. The first-order valence-corrected chi connectivity index (χ1v) is 6.99. The van der Waals surface area contributed by atoms with E-state index in [1.807, 2.05) is 0 Å². The van der Waals surface area contributed by atoms with Crippen LogP contribution in [0, 0.1) is 23.2 Å². The number of allylic oxidation sites excluding steroid dienone is 2. The molecule has 1 aliphatic rings. The molecule has 0 aromatic carbocycles. The standard InChI is InChI=1S/C16H30/c1-12(2)9-10-16(5,6)15-11-13(3)7-8-14(15)4/h8,12-13,15H,7,9-11H2,1-6H3. The van der Waals surface area contributed by atoms with Gasteiger partial charge in [-0.05, 0) is 49.4 Å². The fourth-order valence-corrected chi connectivity index (χ4v) is 2.98. The van der Waals surface area contributed by atoms with Crippen molar-refractivity contribution in [3.8, 4) is 0 Å². The third-order valence-corrected chi connectivity index (χ3v) is 4.34. The molecule has 0 aliphatic heterocycles. The lowest BCUT2D eigenvalue weighted by atomic mass is 9.66. The zero-order valence-electron chi connectivity index (χ0n) is 12.1. The molecule has 0 aromatic rings. The molecule has 0 saturated heterocycles. The van der Waals surface area contributed by atoms with Gasteiger partial charge in [-0.1, -0.05) is 52.7 Å². The number of hydrogen-bond donors (Lipinski definition) is 0. The summed E-state index contributed by atoms with van der Waals surface area (Å²) in [6.07, 6.45) is 7.91. The molecule has 0 bridgehead atoms. The fraction of sp³-hybridized carbons (Fsp3) is 0.875. The van der Waals surface area contributed by atoms with Crippen LogP contribution in [0.15, 0.2) is 11.6 Å². The first kappa shape index (κ1) is 13.8. The maximum atomic E-state index is 2.48. The molecule has 0 heteroatoms. The van der Waals surface area contributed by atoms with E-state index in [0.29, 0.717) is 5.41 Å². The summed E-state index contributed by atoms with van der Waals surface area (Å²) >= 11 is 0. The van der Waals surface area contributed by atoms with E-state index in [-0.39, 0.29) is 0 Å². The van der Waals surface area contributed by atoms with Crippen LogP contribution < -0.4 is 0 Å². The minimum atomic E-state index is 0.486. The molecule has 0 nitrogen and oxygen atoms in total. The van der Waals surface area contributed by atoms with E-state index in [2.05, 4.69) is 47.6 Å². The summed E-state index contributed by atoms with van der Waals surface area (Å²) in [6, 6.07) is 0. The summed E-state index contributed by atoms with van der Waals surface area (Å²) in [4.78, 5) is 0.